The van der Waals surface area contributed by atoms with Crippen LogP contribution in [0.5, 0.6) is 5.75 Å². The fourth-order valence-electron chi connectivity index (χ4n) is 2.32. The highest BCUT2D eigenvalue weighted by Gasteiger charge is 2.15. The predicted octanol–water partition coefficient (Wildman–Crippen LogP) is 2.35. The molecule has 0 amide bonds. The summed E-state index contributed by atoms with van der Waals surface area (Å²) in [5, 5.41) is 9.89. The van der Waals surface area contributed by atoms with Gasteiger partial charge in [-0.3, -0.25) is 0 Å². The van der Waals surface area contributed by atoms with Crippen LogP contribution in [0.2, 0.25) is 0 Å². The predicted molar refractivity (Wildman–Crippen MR) is 75.0 cm³/mol. The first-order valence-electron chi connectivity index (χ1n) is 6.35. The average Bonchev–Trinajstić information content (AvgIpc) is 2.81. The lowest BCUT2D eigenvalue weighted by Crippen LogP contribution is -2.06. The Morgan fingerprint density at radius 3 is 2.65 bits per heavy atom. The number of hydrogen-bond acceptors (Lipinski definition) is 3. The molecule has 102 valence electrons. The first-order chi connectivity index (χ1) is 9.70. The molecule has 1 aromatic carbocycles. The lowest BCUT2D eigenvalue weighted by molar-refractivity contribution is 0.477. The van der Waals surface area contributed by atoms with Crippen LogP contribution in [0.15, 0.2) is 42.6 Å². The van der Waals surface area contributed by atoms with Gasteiger partial charge in [0, 0.05) is 18.2 Å². The summed E-state index contributed by atoms with van der Waals surface area (Å²) >= 11 is 0. The molecule has 0 unspecified atom stereocenters. The Bertz CT molecular complexity index is 750. The molecule has 5 heteroatoms. The van der Waals surface area contributed by atoms with Gasteiger partial charge in [-0.25, -0.2) is 9.37 Å². The molecular formula is C15H14FN3O. The summed E-state index contributed by atoms with van der Waals surface area (Å²) in [5.74, 6) is -0.181. The minimum Gasteiger partial charge on any atom is -0.504 e. The third-order valence-corrected chi connectivity index (χ3v) is 3.23. The largest absolute Gasteiger partial charge is 0.504 e. The second kappa shape index (κ2) is 4.94. The van der Waals surface area contributed by atoms with Gasteiger partial charge >= 0.3 is 0 Å². The molecule has 0 aliphatic heterocycles. The van der Waals surface area contributed by atoms with Crippen molar-refractivity contribution in [3.8, 4) is 17.0 Å². The number of rotatable bonds is 3. The van der Waals surface area contributed by atoms with Crippen LogP contribution in [-0.2, 0) is 6.42 Å². The Kier molecular flexibility index (Phi) is 3.12. The van der Waals surface area contributed by atoms with Crippen molar-refractivity contribution in [2.24, 2.45) is 5.73 Å². The van der Waals surface area contributed by atoms with Crippen LogP contribution in [0.3, 0.4) is 0 Å². The number of halogens is 1. The summed E-state index contributed by atoms with van der Waals surface area (Å²) in [6.07, 6.45) is 2.46. The molecule has 3 N–H and O–H groups in total. The van der Waals surface area contributed by atoms with Gasteiger partial charge in [0.1, 0.15) is 5.82 Å². The highest BCUT2D eigenvalue weighted by atomic mass is 19.1. The molecule has 0 fully saturated rings. The molecule has 2 aromatic heterocycles. The van der Waals surface area contributed by atoms with E-state index in [-0.39, 0.29) is 11.6 Å². The normalized spacial score (nSPS) is 11.1. The molecule has 0 aliphatic carbocycles. The zero-order valence-electron chi connectivity index (χ0n) is 10.8. The van der Waals surface area contributed by atoms with Crippen molar-refractivity contribution in [1.82, 2.24) is 9.38 Å². The van der Waals surface area contributed by atoms with Gasteiger partial charge in [0.05, 0.1) is 11.4 Å². The zero-order valence-corrected chi connectivity index (χ0v) is 10.8. The second-order valence-electron chi connectivity index (χ2n) is 4.54. The van der Waals surface area contributed by atoms with Crippen molar-refractivity contribution in [2.75, 3.05) is 6.54 Å². The number of fused-ring (bicyclic) bond motifs is 1. The van der Waals surface area contributed by atoms with Crippen molar-refractivity contribution in [3.63, 3.8) is 0 Å². The summed E-state index contributed by atoms with van der Waals surface area (Å²) in [6.45, 7) is 0.470. The number of aromatic nitrogens is 2. The van der Waals surface area contributed by atoms with Crippen molar-refractivity contribution < 1.29 is 9.50 Å². The molecule has 3 rings (SSSR count). The molecule has 2 heterocycles. The van der Waals surface area contributed by atoms with Gasteiger partial charge in [-0.05, 0) is 42.9 Å². The summed E-state index contributed by atoms with van der Waals surface area (Å²) < 4.78 is 14.9. The lowest BCUT2D eigenvalue weighted by Gasteiger charge is -2.04. The Balaban J connectivity index is 2.26. The monoisotopic (exact) mass is 271 g/mol. The topological polar surface area (TPSA) is 63.5 Å². The van der Waals surface area contributed by atoms with Crippen LogP contribution in [0.25, 0.3) is 16.9 Å². The molecule has 0 spiro atoms. The Morgan fingerprint density at radius 1 is 1.20 bits per heavy atom. The summed E-state index contributed by atoms with van der Waals surface area (Å²) in [4.78, 5) is 4.47. The minimum absolute atomic E-state index is 0.110. The molecule has 0 atom stereocenters. The van der Waals surface area contributed by atoms with E-state index in [1.807, 2.05) is 10.6 Å². The Labute approximate surface area is 115 Å². The Morgan fingerprint density at radius 2 is 1.95 bits per heavy atom. The first kappa shape index (κ1) is 12.6. The number of nitrogens with zero attached hydrogens (tertiary/aromatic N) is 2. The maximum atomic E-state index is 13.0. The van der Waals surface area contributed by atoms with Gasteiger partial charge in [0.15, 0.2) is 11.4 Å². The molecule has 20 heavy (non-hydrogen) atoms. The fraction of sp³-hybridized carbons (Fsp3) is 0.133. The third-order valence-electron chi connectivity index (χ3n) is 3.23. The lowest BCUT2D eigenvalue weighted by atomic mass is 10.1. The van der Waals surface area contributed by atoms with Crippen LogP contribution in [-0.4, -0.2) is 21.0 Å². The number of benzene rings is 1. The van der Waals surface area contributed by atoms with Gasteiger partial charge in [-0.15, -0.1) is 0 Å². The van der Waals surface area contributed by atoms with Crippen LogP contribution < -0.4 is 5.73 Å². The highest BCUT2D eigenvalue weighted by Crippen LogP contribution is 2.28. The molecule has 0 bridgehead atoms. The number of pyridine rings is 1. The van der Waals surface area contributed by atoms with Gasteiger partial charge in [0.2, 0.25) is 0 Å². The average molecular weight is 271 g/mol. The van der Waals surface area contributed by atoms with E-state index in [0.29, 0.717) is 18.6 Å². The van der Waals surface area contributed by atoms with E-state index in [4.69, 9.17) is 5.73 Å². The second-order valence-corrected chi connectivity index (χ2v) is 4.54. The first-order valence-corrected chi connectivity index (χ1v) is 6.35. The molecule has 4 nitrogen and oxygen atoms in total. The SMILES string of the molecule is NCCc1c(-c2ccc(F)cc2)nc2c(O)cccn12. The van der Waals surface area contributed by atoms with E-state index in [1.165, 1.54) is 12.1 Å². The molecule has 0 saturated carbocycles. The van der Waals surface area contributed by atoms with Gasteiger partial charge in [-0.1, -0.05) is 0 Å². The summed E-state index contributed by atoms with van der Waals surface area (Å²) in [6, 6.07) is 9.47. The number of hydrogen-bond donors (Lipinski definition) is 2. The minimum atomic E-state index is -0.291. The van der Waals surface area contributed by atoms with Gasteiger partial charge in [0.25, 0.3) is 0 Å². The van der Waals surface area contributed by atoms with E-state index >= 15 is 0 Å². The van der Waals surface area contributed by atoms with Gasteiger partial charge < -0.3 is 15.2 Å². The van der Waals surface area contributed by atoms with E-state index in [1.54, 1.807) is 24.3 Å². The smallest absolute Gasteiger partial charge is 0.180 e. The van der Waals surface area contributed by atoms with Crippen LogP contribution >= 0.6 is 0 Å². The van der Waals surface area contributed by atoms with Crippen LogP contribution in [0.1, 0.15) is 5.69 Å². The highest BCUT2D eigenvalue weighted by molar-refractivity contribution is 5.69. The summed E-state index contributed by atoms with van der Waals surface area (Å²) in [5.41, 5.74) is 8.57. The molecule has 3 aromatic rings. The molecule has 0 aliphatic rings. The van der Waals surface area contributed by atoms with E-state index < -0.39 is 0 Å². The van der Waals surface area contributed by atoms with Crippen molar-refractivity contribution in [1.29, 1.82) is 0 Å². The number of aromatic hydroxyl groups is 1. The molecule has 0 radical (unpaired) electrons. The van der Waals surface area contributed by atoms with E-state index in [9.17, 15) is 9.50 Å². The molecule has 0 saturated heterocycles. The third kappa shape index (κ3) is 2.02. The molecular weight excluding hydrogens is 257 g/mol. The maximum Gasteiger partial charge on any atom is 0.180 e. The standard InChI is InChI=1S/C15H14FN3O/c16-11-5-3-10(4-6-11)14-12(7-8-17)19-9-1-2-13(20)15(19)18-14/h1-6,9,20H,7-8,17H2. The van der Waals surface area contributed by atoms with E-state index in [0.717, 1.165) is 17.0 Å². The number of imidazole rings is 1. The summed E-state index contributed by atoms with van der Waals surface area (Å²) in [7, 11) is 0. The number of nitrogens with two attached hydrogens (primary N) is 1. The van der Waals surface area contributed by atoms with Crippen molar-refractivity contribution >= 4 is 5.65 Å². The quantitative estimate of drug-likeness (QED) is 0.768. The van der Waals surface area contributed by atoms with Crippen LogP contribution in [0, 0.1) is 5.82 Å². The Hall–Kier alpha value is -2.40. The van der Waals surface area contributed by atoms with Gasteiger partial charge in [-0.2, -0.15) is 0 Å². The van der Waals surface area contributed by atoms with Crippen molar-refractivity contribution in [3.05, 3.63) is 54.1 Å². The van der Waals surface area contributed by atoms with Crippen LogP contribution in [0.4, 0.5) is 4.39 Å². The van der Waals surface area contributed by atoms with Crippen molar-refractivity contribution in [2.45, 2.75) is 6.42 Å². The maximum absolute atomic E-state index is 13.0. The fourth-order valence-corrected chi connectivity index (χ4v) is 2.32. The van der Waals surface area contributed by atoms with E-state index in [2.05, 4.69) is 4.98 Å². The zero-order chi connectivity index (χ0) is 14.1.